The lowest BCUT2D eigenvalue weighted by molar-refractivity contribution is -0.116. The van der Waals surface area contributed by atoms with Crippen molar-refractivity contribution in [3.63, 3.8) is 0 Å². The maximum absolute atomic E-state index is 14.7. The quantitative estimate of drug-likeness (QED) is 0.674. The van der Waals surface area contributed by atoms with Gasteiger partial charge in [0.1, 0.15) is 5.82 Å². The normalized spacial score (nSPS) is 20.2. The van der Waals surface area contributed by atoms with E-state index in [1.807, 2.05) is 25.7 Å². The van der Waals surface area contributed by atoms with Gasteiger partial charge in [-0.2, -0.15) is 0 Å². The third-order valence-corrected chi connectivity index (χ3v) is 5.90. The molecule has 1 saturated heterocycles. The van der Waals surface area contributed by atoms with Gasteiger partial charge in [0.25, 0.3) is 11.8 Å². The summed E-state index contributed by atoms with van der Waals surface area (Å²) in [7, 11) is 0. The Balaban J connectivity index is 1.30. The predicted octanol–water partition coefficient (Wildman–Crippen LogP) is 3.76. The number of imide groups is 1. The zero-order valence-electron chi connectivity index (χ0n) is 19.1. The van der Waals surface area contributed by atoms with Crippen LogP contribution < -0.4 is 10.2 Å². The van der Waals surface area contributed by atoms with Crippen molar-refractivity contribution in [2.24, 2.45) is 0 Å². The largest absolute Gasteiger partial charge is 0.372 e. The number of hydrogen-bond acceptors (Lipinski definition) is 5. The number of nitrogens with zero attached hydrogens (tertiary/aromatic N) is 2. The number of aryl methyl sites for hydroxylation is 1. The summed E-state index contributed by atoms with van der Waals surface area (Å²) in [6.07, 6.45) is 0.451. The summed E-state index contributed by atoms with van der Waals surface area (Å²) in [5, 5.41) is 2.69. The van der Waals surface area contributed by atoms with Gasteiger partial charge in [0.05, 0.1) is 29.0 Å². The minimum absolute atomic E-state index is 0.0127. The Labute approximate surface area is 192 Å². The summed E-state index contributed by atoms with van der Waals surface area (Å²) in [4.78, 5) is 40.5. The second-order valence-corrected chi connectivity index (χ2v) is 8.79. The van der Waals surface area contributed by atoms with Crippen molar-refractivity contribution < 1.29 is 23.5 Å². The van der Waals surface area contributed by atoms with Gasteiger partial charge in [-0.1, -0.05) is 11.6 Å². The third kappa shape index (κ3) is 4.90. The van der Waals surface area contributed by atoms with Gasteiger partial charge in [0.2, 0.25) is 5.91 Å². The molecule has 0 bridgehead atoms. The lowest BCUT2D eigenvalue weighted by Crippen LogP contribution is -2.45. The zero-order valence-corrected chi connectivity index (χ0v) is 19.1. The summed E-state index contributed by atoms with van der Waals surface area (Å²) < 4.78 is 20.4. The Hall–Kier alpha value is -3.26. The van der Waals surface area contributed by atoms with E-state index < -0.39 is 5.82 Å². The van der Waals surface area contributed by atoms with Crippen LogP contribution in [-0.4, -0.2) is 54.5 Å². The smallest absolute Gasteiger partial charge is 0.261 e. The molecule has 0 radical (unpaired) electrons. The topological polar surface area (TPSA) is 79.0 Å². The van der Waals surface area contributed by atoms with Gasteiger partial charge in [-0.15, -0.1) is 0 Å². The molecule has 0 aromatic heterocycles. The molecule has 0 saturated carbocycles. The molecule has 4 rings (SSSR count). The number of halogens is 1. The number of morpholine rings is 1. The van der Waals surface area contributed by atoms with E-state index in [2.05, 4.69) is 5.32 Å². The standard InChI is InChI=1S/C25H28FN3O4/c1-15-6-8-19-20(11-15)25(32)29(24(19)31)10-4-5-23(30)27-18-7-9-22(21(26)12-18)28-13-16(2)33-17(3)14-28/h6-9,11-12,16-17H,4-5,10,13-14H2,1-3H3,(H,27,30). The number of ether oxygens (including phenoxy) is 1. The summed E-state index contributed by atoms with van der Waals surface area (Å²) in [5.74, 6) is -1.37. The fourth-order valence-electron chi connectivity index (χ4n) is 4.44. The molecule has 2 aliphatic heterocycles. The maximum Gasteiger partial charge on any atom is 0.261 e. The van der Waals surface area contributed by atoms with Crippen LogP contribution in [0.15, 0.2) is 36.4 Å². The summed E-state index contributed by atoms with van der Waals surface area (Å²) in [5.41, 5.74) is 2.56. The van der Waals surface area contributed by atoms with Crippen LogP contribution in [0.2, 0.25) is 0 Å². The van der Waals surface area contributed by atoms with Crippen molar-refractivity contribution in [1.82, 2.24) is 4.90 Å². The number of carbonyl (C=O) groups excluding carboxylic acids is 3. The minimum Gasteiger partial charge on any atom is -0.372 e. The van der Waals surface area contributed by atoms with E-state index in [0.717, 1.165) is 5.56 Å². The van der Waals surface area contributed by atoms with Gasteiger partial charge < -0.3 is 15.0 Å². The average molecular weight is 454 g/mol. The molecule has 8 heteroatoms. The van der Waals surface area contributed by atoms with Crippen LogP contribution in [0.25, 0.3) is 0 Å². The van der Waals surface area contributed by atoms with E-state index in [9.17, 15) is 18.8 Å². The molecule has 0 aliphatic carbocycles. The van der Waals surface area contributed by atoms with E-state index in [4.69, 9.17) is 4.74 Å². The zero-order chi connectivity index (χ0) is 23.7. The number of rotatable bonds is 6. The molecule has 2 atom stereocenters. The highest BCUT2D eigenvalue weighted by Gasteiger charge is 2.35. The number of carbonyl (C=O) groups is 3. The van der Waals surface area contributed by atoms with Crippen LogP contribution in [0.1, 0.15) is 53.0 Å². The molecule has 7 nitrogen and oxygen atoms in total. The highest BCUT2D eigenvalue weighted by molar-refractivity contribution is 6.21. The molecule has 33 heavy (non-hydrogen) atoms. The molecule has 2 aliphatic rings. The van der Waals surface area contributed by atoms with Crippen LogP contribution in [0.4, 0.5) is 15.8 Å². The number of nitrogens with one attached hydrogen (secondary N) is 1. The van der Waals surface area contributed by atoms with Gasteiger partial charge >= 0.3 is 0 Å². The Bertz CT molecular complexity index is 1090. The second-order valence-electron chi connectivity index (χ2n) is 8.79. The van der Waals surface area contributed by atoms with Crippen LogP contribution >= 0.6 is 0 Å². The van der Waals surface area contributed by atoms with Crippen molar-refractivity contribution in [2.45, 2.75) is 45.8 Å². The average Bonchev–Trinajstić information content (AvgIpc) is 2.97. The van der Waals surface area contributed by atoms with E-state index in [1.165, 1.54) is 11.0 Å². The predicted molar refractivity (Wildman–Crippen MR) is 123 cm³/mol. The monoisotopic (exact) mass is 453 g/mol. The molecule has 2 aromatic carbocycles. The Morgan fingerprint density at radius 3 is 2.45 bits per heavy atom. The lowest BCUT2D eigenvalue weighted by Gasteiger charge is -2.37. The number of fused-ring (bicyclic) bond motifs is 1. The second kappa shape index (κ2) is 9.31. The molecule has 0 spiro atoms. The molecule has 2 heterocycles. The first-order valence-electron chi connectivity index (χ1n) is 11.2. The first-order chi connectivity index (χ1) is 15.7. The molecular weight excluding hydrogens is 425 g/mol. The number of benzene rings is 2. The third-order valence-electron chi connectivity index (χ3n) is 5.90. The van der Waals surface area contributed by atoms with Crippen molar-refractivity contribution in [1.29, 1.82) is 0 Å². The van der Waals surface area contributed by atoms with Crippen LogP contribution in [0.3, 0.4) is 0 Å². The Morgan fingerprint density at radius 2 is 1.76 bits per heavy atom. The Kier molecular flexibility index (Phi) is 6.47. The molecule has 2 unspecified atom stereocenters. The van der Waals surface area contributed by atoms with Gasteiger partial charge in [0.15, 0.2) is 0 Å². The first kappa shape index (κ1) is 22.9. The fraction of sp³-hybridized carbons (Fsp3) is 0.400. The van der Waals surface area contributed by atoms with E-state index in [-0.39, 0.29) is 42.9 Å². The first-order valence-corrected chi connectivity index (χ1v) is 11.2. The van der Waals surface area contributed by atoms with Gasteiger partial charge in [0, 0.05) is 31.7 Å². The van der Waals surface area contributed by atoms with E-state index in [0.29, 0.717) is 42.0 Å². The molecule has 174 valence electrons. The van der Waals surface area contributed by atoms with Crippen LogP contribution in [0.5, 0.6) is 0 Å². The van der Waals surface area contributed by atoms with Crippen LogP contribution in [0, 0.1) is 12.7 Å². The summed E-state index contributed by atoms with van der Waals surface area (Å²) >= 11 is 0. The fourth-order valence-corrected chi connectivity index (χ4v) is 4.44. The summed E-state index contributed by atoms with van der Waals surface area (Å²) in [6.45, 7) is 7.13. The highest BCUT2D eigenvalue weighted by Crippen LogP contribution is 2.27. The molecule has 1 fully saturated rings. The Morgan fingerprint density at radius 1 is 1.06 bits per heavy atom. The SMILES string of the molecule is Cc1ccc2c(c1)C(=O)N(CCCC(=O)Nc1ccc(N3CC(C)OC(C)C3)c(F)c1)C2=O. The van der Waals surface area contributed by atoms with Gasteiger partial charge in [-0.3, -0.25) is 19.3 Å². The molecular formula is C25H28FN3O4. The van der Waals surface area contributed by atoms with Gasteiger partial charge in [-0.05, 0) is 57.5 Å². The number of anilines is 2. The maximum atomic E-state index is 14.7. The van der Waals surface area contributed by atoms with Gasteiger partial charge in [-0.25, -0.2) is 4.39 Å². The lowest BCUT2D eigenvalue weighted by atomic mass is 10.1. The van der Waals surface area contributed by atoms with Crippen LogP contribution in [-0.2, 0) is 9.53 Å². The van der Waals surface area contributed by atoms with Crippen molar-refractivity contribution in [3.8, 4) is 0 Å². The molecule has 3 amide bonds. The minimum atomic E-state index is -0.407. The van der Waals surface area contributed by atoms with Crippen molar-refractivity contribution in [2.75, 3.05) is 29.9 Å². The summed E-state index contributed by atoms with van der Waals surface area (Å²) in [6, 6.07) is 9.81. The van der Waals surface area contributed by atoms with Crippen molar-refractivity contribution in [3.05, 3.63) is 58.9 Å². The van der Waals surface area contributed by atoms with E-state index >= 15 is 0 Å². The molecule has 1 N–H and O–H groups in total. The van der Waals surface area contributed by atoms with E-state index in [1.54, 1.807) is 30.3 Å². The highest BCUT2D eigenvalue weighted by atomic mass is 19.1. The number of hydrogen-bond donors (Lipinski definition) is 1. The van der Waals surface area contributed by atoms with Crippen molar-refractivity contribution >= 4 is 29.1 Å². The molecule has 2 aromatic rings. The number of amides is 3.